The number of carbonyl (C=O) groups is 2. The van der Waals surface area contributed by atoms with Gasteiger partial charge in [-0.2, -0.15) is 0 Å². The van der Waals surface area contributed by atoms with E-state index in [9.17, 15) is 18.4 Å². The largest absolute Gasteiger partial charge is 0.478 e. The van der Waals surface area contributed by atoms with E-state index in [1.54, 1.807) is 24.3 Å². The van der Waals surface area contributed by atoms with Crippen molar-refractivity contribution in [3.63, 3.8) is 0 Å². The van der Waals surface area contributed by atoms with Crippen molar-refractivity contribution >= 4 is 33.6 Å². The van der Waals surface area contributed by atoms with Gasteiger partial charge >= 0.3 is 5.97 Å². The van der Waals surface area contributed by atoms with Crippen LogP contribution in [0.2, 0.25) is 0 Å². The maximum Gasteiger partial charge on any atom is 0.335 e. The Bertz CT molecular complexity index is 1980. The highest BCUT2D eigenvalue weighted by Gasteiger charge is 2.21. The number of carbonyl (C=O) groups excluding carboxylic acids is 1. The van der Waals surface area contributed by atoms with E-state index in [0.717, 1.165) is 40.1 Å². The van der Waals surface area contributed by atoms with Crippen molar-refractivity contribution in [1.82, 2.24) is 9.88 Å². The van der Waals surface area contributed by atoms with Gasteiger partial charge in [0.25, 0.3) is 5.91 Å². The molecule has 0 unspecified atom stereocenters. The number of hydrogen-bond donors (Lipinski definition) is 2. The second-order valence-electron chi connectivity index (χ2n) is 10.3. The van der Waals surface area contributed by atoms with Gasteiger partial charge in [0.05, 0.1) is 22.7 Å². The minimum absolute atomic E-state index is 0.0607. The number of carboxylic acids is 1. The van der Waals surface area contributed by atoms with Gasteiger partial charge in [-0.3, -0.25) is 4.79 Å². The lowest BCUT2D eigenvalue weighted by Gasteiger charge is -2.19. The summed E-state index contributed by atoms with van der Waals surface area (Å²) in [6.07, 6.45) is 1.90. The number of rotatable bonds is 7. The molecule has 5 nitrogen and oxygen atoms in total. The molecule has 208 valence electrons. The maximum absolute atomic E-state index is 14.8. The Morgan fingerprint density at radius 1 is 0.833 bits per heavy atom. The predicted octanol–water partition coefficient (Wildman–Crippen LogP) is 7.98. The first kappa shape index (κ1) is 26.9. The topological polar surface area (TPSA) is 71.3 Å². The number of aromatic carboxylic acids is 1. The van der Waals surface area contributed by atoms with E-state index >= 15 is 0 Å². The molecule has 42 heavy (non-hydrogen) atoms. The van der Waals surface area contributed by atoms with Crippen LogP contribution in [0.1, 0.15) is 44.8 Å². The second-order valence-corrected chi connectivity index (χ2v) is 10.3. The minimum Gasteiger partial charge on any atom is -0.478 e. The predicted molar refractivity (Wildman–Crippen MR) is 160 cm³/mol. The van der Waals surface area contributed by atoms with Crippen molar-refractivity contribution in [2.24, 2.45) is 0 Å². The fourth-order valence-corrected chi connectivity index (χ4v) is 5.35. The smallest absolute Gasteiger partial charge is 0.335 e. The van der Waals surface area contributed by atoms with Crippen LogP contribution in [-0.2, 0) is 6.54 Å². The number of aromatic nitrogens is 1. The van der Waals surface area contributed by atoms with Crippen LogP contribution < -0.4 is 5.32 Å². The van der Waals surface area contributed by atoms with Crippen molar-refractivity contribution in [3.05, 3.63) is 143 Å². The van der Waals surface area contributed by atoms with Crippen molar-refractivity contribution < 1.29 is 23.5 Å². The number of nitrogens with zero attached hydrogens (tertiary/aromatic N) is 1. The summed E-state index contributed by atoms with van der Waals surface area (Å²) in [6.45, 7) is 2.20. The molecule has 0 aliphatic carbocycles. The van der Waals surface area contributed by atoms with Crippen LogP contribution in [0.5, 0.6) is 0 Å². The summed E-state index contributed by atoms with van der Waals surface area (Å²) in [5.74, 6) is -2.60. The number of amides is 1. The molecule has 1 aromatic heterocycles. The van der Waals surface area contributed by atoms with E-state index in [1.165, 1.54) is 12.1 Å². The van der Waals surface area contributed by atoms with E-state index in [0.29, 0.717) is 22.0 Å². The average molecular weight is 561 g/mol. The molecule has 5 aromatic carbocycles. The molecule has 1 amide bonds. The summed E-state index contributed by atoms with van der Waals surface area (Å²) in [4.78, 5) is 24.9. The highest BCUT2D eigenvalue weighted by molar-refractivity contribution is 6.08. The Kier molecular flexibility index (Phi) is 7.00. The number of benzene rings is 5. The van der Waals surface area contributed by atoms with Crippen molar-refractivity contribution in [2.45, 2.75) is 19.5 Å². The molecular formula is C35H26F2N2O3. The van der Waals surface area contributed by atoms with Crippen LogP contribution in [0.25, 0.3) is 32.8 Å². The van der Waals surface area contributed by atoms with Gasteiger partial charge in [-0.15, -0.1) is 0 Å². The Hall–Kier alpha value is -5.30. The van der Waals surface area contributed by atoms with E-state index in [-0.39, 0.29) is 23.7 Å². The molecule has 0 bridgehead atoms. The maximum atomic E-state index is 14.8. The summed E-state index contributed by atoms with van der Waals surface area (Å²) in [7, 11) is 0. The Balaban J connectivity index is 1.43. The van der Waals surface area contributed by atoms with Gasteiger partial charge in [-0.05, 0) is 89.0 Å². The van der Waals surface area contributed by atoms with Gasteiger partial charge in [0.1, 0.15) is 11.6 Å². The van der Waals surface area contributed by atoms with Crippen molar-refractivity contribution in [3.8, 4) is 11.1 Å². The fraction of sp³-hybridized carbons (Fsp3) is 0.0857. The third-order valence-electron chi connectivity index (χ3n) is 7.62. The number of fused-ring (bicyclic) bond motifs is 2. The Morgan fingerprint density at radius 3 is 2.36 bits per heavy atom. The van der Waals surface area contributed by atoms with Crippen LogP contribution in [-0.4, -0.2) is 21.6 Å². The lowest BCUT2D eigenvalue weighted by atomic mass is 9.98. The average Bonchev–Trinajstić information content (AvgIpc) is 3.44. The first-order chi connectivity index (χ1) is 20.3. The highest BCUT2D eigenvalue weighted by Crippen LogP contribution is 2.34. The molecule has 0 spiro atoms. The molecule has 6 aromatic rings. The van der Waals surface area contributed by atoms with Crippen molar-refractivity contribution in [2.75, 3.05) is 0 Å². The lowest BCUT2D eigenvalue weighted by Crippen LogP contribution is -2.24. The van der Waals surface area contributed by atoms with Gasteiger partial charge in [0, 0.05) is 23.7 Å². The third-order valence-corrected chi connectivity index (χ3v) is 7.62. The molecular weight excluding hydrogens is 534 g/mol. The van der Waals surface area contributed by atoms with E-state index in [2.05, 4.69) is 42.6 Å². The zero-order valence-electron chi connectivity index (χ0n) is 22.6. The number of hydrogen-bond acceptors (Lipinski definition) is 2. The normalized spacial score (nSPS) is 12.0. The van der Waals surface area contributed by atoms with Crippen LogP contribution in [0.4, 0.5) is 8.78 Å². The summed E-state index contributed by atoms with van der Waals surface area (Å²) < 4.78 is 30.9. The summed E-state index contributed by atoms with van der Waals surface area (Å²) >= 11 is 0. The summed E-state index contributed by atoms with van der Waals surface area (Å²) in [5.41, 5.74) is 3.34. The van der Waals surface area contributed by atoms with Crippen LogP contribution in [0.15, 0.2) is 109 Å². The van der Waals surface area contributed by atoms with E-state index in [1.807, 2.05) is 29.0 Å². The molecule has 0 radical (unpaired) electrons. The standard InChI is InChI=1S/C35H26F2N2O3/c1-21(25-11-10-23-4-2-3-5-26(23)16-25)39-15-14-27-17-28(30-19-29(36)12-13-32(30)37)18-31(33(27)39)34(40)38-20-22-6-8-24(9-7-22)35(41)42/h2-19,21H,20H2,1H3,(H,38,40)(H,41,42)/t21-/m1/s1. The monoisotopic (exact) mass is 560 g/mol. The zero-order chi connectivity index (χ0) is 29.4. The number of nitrogens with one attached hydrogen (secondary N) is 1. The Labute approximate surface area is 240 Å². The zero-order valence-corrected chi connectivity index (χ0v) is 22.6. The molecule has 7 heteroatoms. The molecule has 0 saturated heterocycles. The molecule has 0 fully saturated rings. The van der Waals surface area contributed by atoms with Crippen LogP contribution in [0.3, 0.4) is 0 Å². The molecule has 0 aliphatic heterocycles. The minimum atomic E-state index is -1.03. The molecule has 1 heterocycles. The van der Waals surface area contributed by atoms with Gasteiger partial charge in [-0.1, -0.05) is 48.5 Å². The fourth-order valence-electron chi connectivity index (χ4n) is 5.35. The van der Waals surface area contributed by atoms with Crippen molar-refractivity contribution in [1.29, 1.82) is 0 Å². The Morgan fingerprint density at radius 2 is 1.60 bits per heavy atom. The van der Waals surface area contributed by atoms with Gasteiger partial charge in [-0.25, -0.2) is 13.6 Å². The quantitative estimate of drug-likeness (QED) is 0.208. The van der Waals surface area contributed by atoms with E-state index < -0.39 is 23.5 Å². The molecule has 2 N–H and O–H groups in total. The van der Waals surface area contributed by atoms with Gasteiger partial charge in [0.15, 0.2) is 0 Å². The van der Waals surface area contributed by atoms with Gasteiger partial charge in [0.2, 0.25) is 0 Å². The van der Waals surface area contributed by atoms with Crippen LogP contribution >= 0.6 is 0 Å². The third kappa shape index (κ3) is 5.12. The van der Waals surface area contributed by atoms with E-state index in [4.69, 9.17) is 5.11 Å². The summed E-state index contributed by atoms with van der Waals surface area (Å²) in [6, 6.07) is 28.9. The molecule has 1 atom stereocenters. The highest BCUT2D eigenvalue weighted by atomic mass is 19.1. The van der Waals surface area contributed by atoms with Crippen LogP contribution in [0, 0.1) is 11.6 Å². The van der Waals surface area contributed by atoms with Gasteiger partial charge < -0.3 is 15.0 Å². The first-order valence-electron chi connectivity index (χ1n) is 13.5. The number of halogens is 2. The summed E-state index contributed by atoms with van der Waals surface area (Å²) in [5, 5.41) is 15.0. The lowest BCUT2D eigenvalue weighted by molar-refractivity contribution is 0.0696. The molecule has 0 aliphatic rings. The second kappa shape index (κ2) is 10.9. The molecule has 0 saturated carbocycles. The number of carboxylic acid groups (broad SMARTS) is 1. The molecule has 6 rings (SSSR count). The SMILES string of the molecule is C[C@H](c1ccc2ccccc2c1)n1ccc2cc(-c3cc(F)ccc3F)cc(C(=O)NCc3ccc(C(=O)O)cc3)c21. The first-order valence-corrected chi connectivity index (χ1v) is 13.5.